The van der Waals surface area contributed by atoms with Gasteiger partial charge in [0, 0.05) is 19.7 Å². The zero-order chi connectivity index (χ0) is 11.8. The second kappa shape index (κ2) is 8.04. The minimum Gasteiger partial charge on any atom is -0.384 e. The molecule has 3 heteroatoms. The van der Waals surface area contributed by atoms with Crippen LogP contribution < -0.4 is 5.32 Å². The van der Waals surface area contributed by atoms with Crippen molar-refractivity contribution in [3.63, 3.8) is 0 Å². The molecule has 0 bridgehead atoms. The Bertz CT molecular complexity index is 175. The summed E-state index contributed by atoms with van der Waals surface area (Å²) in [5.41, 5.74) is 0. The summed E-state index contributed by atoms with van der Waals surface area (Å²) in [4.78, 5) is 2.59. The predicted molar refractivity (Wildman–Crippen MR) is 68.8 cm³/mol. The summed E-state index contributed by atoms with van der Waals surface area (Å²) in [5.74, 6) is 0.779. The van der Waals surface area contributed by atoms with E-state index in [-0.39, 0.29) is 0 Å². The Kier molecular flexibility index (Phi) is 7.01. The summed E-state index contributed by atoms with van der Waals surface area (Å²) in [6.45, 7) is 6.99. The van der Waals surface area contributed by atoms with Gasteiger partial charge in [0.05, 0.1) is 6.61 Å². The average molecular weight is 228 g/mol. The van der Waals surface area contributed by atoms with Gasteiger partial charge in [-0.05, 0) is 52.2 Å². The van der Waals surface area contributed by atoms with E-state index in [1.807, 2.05) is 14.2 Å². The summed E-state index contributed by atoms with van der Waals surface area (Å²) in [6, 6.07) is 0.666. The van der Waals surface area contributed by atoms with Crippen LogP contribution in [0.25, 0.3) is 0 Å². The molecule has 1 N–H and O–H groups in total. The van der Waals surface area contributed by atoms with Crippen LogP contribution >= 0.6 is 0 Å². The van der Waals surface area contributed by atoms with Crippen LogP contribution in [0.5, 0.6) is 0 Å². The third kappa shape index (κ3) is 5.28. The molecule has 1 rings (SSSR count). The molecule has 2 unspecified atom stereocenters. The largest absolute Gasteiger partial charge is 0.384 e. The minimum atomic E-state index is 0.666. The first kappa shape index (κ1) is 13.9. The molecule has 16 heavy (non-hydrogen) atoms. The number of nitrogens with zero attached hydrogens (tertiary/aromatic N) is 1. The van der Waals surface area contributed by atoms with Crippen molar-refractivity contribution in [1.82, 2.24) is 10.2 Å². The van der Waals surface area contributed by atoms with Crippen molar-refractivity contribution in [1.29, 1.82) is 0 Å². The molecular formula is C13H28N2O. The van der Waals surface area contributed by atoms with Gasteiger partial charge in [-0.2, -0.15) is 0 Å². The molecule has 96 valence electrons. The number of methoxy groups -OCH3 is 1. The van der Waals surface area contributed by atoms with E-state index in [4.69, 9.17) is 4.74 Å². The molecule has 0 spiro atoms. The van der Waals surface area contributed by atoms with E-state index < -0.39 is 0 Å². The summed E-state index contributed by atoms with van der Waals surface area (Å²) >= 11 is 0. The highest BCUT2D eigenvalue weighted by atomic mass is 16.5. The first-order valence-corrected chi connectivity index (χ1v) is 6.64. The van der Waals surface area contributed by atoms with Gasteiger partial charge >= 0.3 is 0 Å². The van der Waals surface area contributed by atoms with Crippen LogP contribution in [0.3, 0.4) is 0 Å². The van der Waals surface area contributed by atoms with E-state index in [9.17, 15) is 0 Å². The third-order valence-electron chi connectivity index (χ3n) is 3.63. The van der Waals surface area contributed by atoms with Crippen LogP contribution in [-0.4, -0.2) is 51.3 Å². The molecule has 1 saturated heterocycles. The fourth-order valence-corrected chi connectivity index (χ4v) is 2.42. The maximum atomic E-state index is 5.21. The quantitative estimate of drug-likeness (QED) is 0.640. The Morgan fingerprint density at radius 2 is 2.25 bits per heavy atom. The summed E-state index contributed by atoms with van der Waals surface area (Å²) < 4.78 is 5.21. The van der Waals surface area contributed by atoms with Crippen molar-refractivity contribution in [3.05, 3.63) is 0 Å². The highest BCUT2D eigenvalue weighted by molar-refractivity contribution is 4.75. The smallest absolute Gasteiger partial charge is 0.0503 e. The van der Waals surface area contributed by atoms with Crippen molar-refractivity contribution in [2.75, 3.05) is 40.4 Å². The van der Waals surface area contributed by atoms with Gasteiger partial charge in [-0.25, -0.2) is 0 Å². The normalized spacial score (nSPS) is 23.8. The van der Waals surface area contributed by atoms with Crippen LogP contribution in [-0.2, 0) is 4.74 Å². The molecule has 0 aliphatic carbocycles. The van der Waals surface area contributed by atoms with Crippen LogP contribution in [0.1, 0.15) is 32.6 Å². The molecule has 0 saturated carbocycles. The van der Waals surface area contributed by atoms with Gasteiger partial charge in [0.1, 0.15) is 0 Å². The zero-order valence-corrected chi connectivity index (χ0v) is 11.2. The summed E-state index contributed by atoms with van der Waals surface area (Å²) in [6.07, 6.45) is 5.30. The lowest BCUT2D eigenvalue weighted by atomic mass is 10.1. The second-order valence-electron chi connectivity index (χ2n) is 5.10. The third-order valence-corrected chi connectivity index (χ3v) is 3.63. The molecule has 1 heterocycles. The number of ether oxygens (including phenoxy) is 1. The zero-order valence-electron chi connectivity index (χ0n) is 11.2. The van der Waals surface area contributed by atoms with Gasteiger partial charge in [-0.3, -0.25) is 0 Å². The van der Waals surface area contributed by atoms with E-state index in [2.05, 4.69) is 17.1 Å². The number of likely N-dealkylation sites (tertiary alicyclic amines) is 1. The molecule has 0 aromatic carbocycles. The van der Waals surface area contributed by atoms with Crippen LogP contribution in [0.2, 0.25) is 0 Å². The van der Waals surface area contributed by atoms with Crippen molar-refractivity contribution >= 4 is 0 Å². The number of nitrogens with one attached hydrogen (secondary N) is 1. The van der Waals surface area contributed by atoms with E-state index in [0.29, 0.717) is 6.04 Å². The lowest BCUT2D eigenvalue weighted by molar-refractivity contribution is 0.153. The fourth-order valence-electron chi connectivity index (χ4n) is 2.42. The molecule has 0 amide bonds. The number of hydrogen-bond acceptors (Lipinski definition) is 3. The van der Waals surface area contributed by atoms with Crippen LogP contribution in [0, 0.1) is 5.92 Å². The monoisotopic (exact) mass is 228 g/mol. The van der Waals surface area contributed by atoms with Crippen molar-refractivity contribution in [2.45, 2.75) is 38.6 Å². The topological polar surface area (TPSA) is 24.5 Å². The molecule has 1 fully saturated rings. The maximum Gasteiger partial charge on any atom is 0.0503 e. The van der Waals surface area contributed by atoms with Crippen molar-refractivity contribution in [2.24, 2.45) is 5.92 Å². The SMILES string of the molecule is CNC(C)CCCCN1CCC(COC)C1. The Morgan fingerprint density at radius 1 is 1.44 bits per heavy atom. The molecular weight excluding hydrogens is 200 g/mol. The average Bonchev–Trinajstić information content (AvgIpc) is 2.72. The molecule has 0 aromatic rings. The Labute approximate surface area is 101 Å². The second-order valence-corrected chi connectivity index (χ2v) is 5.10. The molecule has 3 nitrogen and oxygen atoms in total. The fraction of sp³-hybridized carbons (Fsp3) is 1.00. The summed E-state index contributed by atoms with van der Waals surface area (Å²) in [7, 11) is 3.85. The number of hydrogen-bond donors (Lipinski definition) is 1. The Morgan fingerprint density at radius 3 is 2.94 bits per heavy atom. The van der Waals surface area contributed by atoms with E-state index in [0.717, 1.165) is 12.5 Å². The molecule has 1 aliphatic rings. The number of rotatable bonds is 8. The molecule has 0 radical (unpaired) electrons. The van der Waals surface area contributed by atoms with Gasteiger partial charge in [0.2, 0.25) is 0 Å². The Hall–Kier alpha value is -0.120. The number of unbranched alkanes of at least 4 members (excludes halogenated alkanes) is 1. The Balaban J connectivity index is 1.98. The van der Waals surface area contributed by atoms with Crippen molar-refractivity contribution in [3.8, 4) is 0 Å². The summed E-state index contributed by atoms with van der Waals surface area (Å²) in [5, 5.41) is 3.29. The highest BCUT2D eigenvalue weighted by Crippen LogP contribution is 2.16. The van der Waals surface area contributed by atoms with Crippen LogP contribution in [0.4, 0.5) is 0 Å². The van der Waals surface area contributed by atoms with Gasteiger partial charge < -0.3 is 15.0 Å². The van der Waals surface area contributed by atoms with Gasteiger partial charge in [-0.1, -0.05) is 6.42 Å². The van der Waals surface area contributed by atoms with Gasteiger partial charge in [0.25, 0.3) is 0 Å². The predicted octanol–water partition coefficient (Wildman–Crippen LogP) is 1.73. The lowest BCUT2D eigenvalue weighted by Crippen LogP contribution is -2.24. The molecule has 1 aliphatic heterocycles. The van der Waals surface area contributed by atoms with E-state index in [1.54, 1.807) is 0 Å². The standard InChI is InChI=1S/C13H28N2O/c1-12(14-2)6-4-5-8-15-9-7-13(10-15)11-16-3/h12-14H,4-11H2,1-3H3. The van der Waals surface area contributed by atoms with E-state index >= 15 is 0 Å². The van der Waals surface area contributed by atoms with Crippen LogP contribution in [0.15, 0.2) is 0 Å². The van der Waals surface area contributed by atoms with Gasteiger partial charge in [-0.15, -0.1) is 0 Å². The molecule has 0 aromatic heterocycles. The molecule has 2 atom stereocenters. The van der Waals surface area contributed by atoms with E-state index in [1.165, 1.54) is 45.3 Å². The van der Waals surface area contributed by atoms with Gasteiger partial charge in [0.15, 0.2) is 0 Å². The minimum absolute atomic E-state index is 0.666. The highest BCUT2D eigenvalue weighted by Gasteiger charge is 2.21. The first-order valence-electron chi connectivity index (χ1n) is 6.64. The van der Waals surface area contributed by atoms with Crippen molar-refractivity contribution < 1.29 is 4.74 Å². The maximum absolute atomic E-state index is 5.21. The first-order chi connectivity index (χ1) is 7.76. The lowest BCUT2D eigenvalue weighted by Gasteiger charge is -2.16.